The van der Waals surface area contributed by atoms with Crippen molar-refractivity contribution in [1.29, 1.82) is 0 Å². The third kappa shape index (κ3) is 4.44. The van der Waals surface area contributed by atoms with Crippen LogP contribution in [0.4, 0.5) is 0 Å². The summed E-state index contributed by atoms with van der Waals surface area (Å²) in [6, 6.07) is 8.37. The van der Waals surface area contributed by atoms with E-state index in [1.807, 2.05) is 11.3 Å². The average Bonchev–Trinajstić information content (AvgIpc) is 3.12. The lowest BCUT2D eigenvalue weighted by molar-refractivity contribution is -0.122. The topological polar surface area (TPSA) is 45.2 Å². The van der Waals surface area contributed by atoms with Crippen LogP contribution in [-0.4, -0.2) is 42.0 Å². The molecule has 2 aromatic rings. The molecule has 1 aromatic carbocycles. The zero-order chi connectivity index (χ0) is 17.8. The highest BCUT2D eigenvalue weighted by molar-refractivity contribution is 7.18. The Morgan fingerprint density at radius 1 is 1.15 bits per heavy atom. The van der Waals surface area contributed by atoms with Crippen LogP contribution in [0.3, 0.4) is 0 Å². The third-order valence-electron chi connectivity index (χ3n) is 5.85. The van der Waals surface area contributed by atoms with E-state index in [9.17, 15) is 4.79 Å². The molecule has 2 fully saturated rings. The van der Waals surface area contributed by atoms with Crippen molar-refractivity contribution < 1.29 is 4.79 Å². The fourth-order valence-electron chi connectivity index (χ4n) is 4.37. The molecule has 4 rings (SSSR count). The molecular formula is C21H29N3OS. The molecule has 1 aliphatic carbocycles. The van der Waals surface area contributed by atoms with E-state index in [1.165, 1.54) is 48.2 Å². The molecular weight excluding hydrogens is 342 g/mol. The Hall–Kier alpha value is -1.46. The molecule has 4 nitrogen and oxygen atoms in total. The lowest BCUT2D eigenvalue weighted by atomic mass is 9.89. The van der Waals surface area contributed by atoms with E-state index in [-0.39, 0.29) is 5.91 Å². The van der Waals surface area contributed by atoms with E-state index in [1.54, 1.807) is 0 Å². The van der Waals surface area contributed by atoms with Crippen molar-refractivity contribution in [2.75, 3.05) is 26.2 Å². The first kappa shape index (κ1) is 17.9. The summed E-state index contributed by atoms with van der Waals surface area (Å²) in [5, 5.41) is 4.42. The Morgan fingerprint density at radius 3 is 2.85 bits per heavy atom. The van der Waals surface area contributed by atoms with Gasteiger partial charge >= 0.3 is 0 Å². The van der Waals surface area contributed by atoms with Gasteiger partial charge in [0.1, 0.15) is 0 Å². The predicted octanol–water partition coefficient (Wildman–Crippen LogP) is 4.17. The maximum atomic E-state index is 12.4. The first-order chi connectivity index (χ1) is 12.8. The van der Waals surface area contributed by atoms with Crippen LogP contribution in [0.5, 0.6) is 0 Å². The van der Waals surface area contributed by atoms with Gasteiger partial charge in [-0.3, -0.25) is 9.69 Å². The fourth-order valence-corrected chi connectivity index (χ4v) is 5.47. The summed E-state index contributed by atoms with van der Waals surface area (Å²) in [5.41, 5.74) is 1.11. The van der Waals surface area contributed by atoms with Gasteiger partial charge in [0.25, 0.3) is 0 Å². The minimum absolute atomic E-state index is 0.195. The predicted molar refractivity (Wildman–Crippen MR) is 108 cm³/mol. The second-order valence-electron chi connectivity index (χ2n) is 7.90. The van der Waals surface area contributed by atoms with Gasteiger partial charge in [0, 0.05) is 19.0 Å². The molecule has 26 heavy (non-hydrogen) atoms. The number of piperidine rings is 1. The first-order valence-corrected chi connectivity index (χ1v) is 10.9. The summed E-state index contributed by atoms with van der Waals surface area (Å²) in [4.78, 5) is 19.5. The van der Waals surface area contributed by atoms with Crippen molar-refractivity contribution in [3.05, 3.63) is 29.3 Å². The zero-order valence-electron chi connectivity index (χ0n) is 15.5. The highest BCUT2D eigenvalue weighted by Crippen LogP contribution is 2.32. The van der Waals surface area contributed by atoms with Crippen molar-refractivity contribution in [2.45, 2.75) is 50.9 Å². The van der Waals surface area contributed by atoms with Crippen LogP contribution in [0.1, 0.15) is 55.9 Å². The number of fused-ring (bicyclic) bond motifs is 1. The zero-order valence-corrected chi connectivity index (χ0v) is 16.3. The Kier molecular flexibility index (Phi) is 5.85. The summed E-state index contributed by atoms with van der Waals surface area (Å²) in [5.74, 6) is 1.36. The number of rotatable bonds is 5. The van der Waals surface area contributed by atoms with Gasteiger partial charge in [0.05, 0.1) is 21.8 Å². The molecule has 0 spiro atoms. The number of hydrogen-bond donors (Lipinski definition) is 1. The smallest absolute Gasteiger partial charge is 0.234 e. The molecule has 0 radical (unpaired) electrons. The van der Waals surface area contributed by atoms with Gasteiger partial charge < -0.3 is 5.32 Å². The lowest BCUT2D eigenvalue weighted by Crippen LogP contribution is -2.43. The van der Waals surface area contributed by atoms with E-state index in [0.717, 1.165) is 31.6 Å². The third-order valence-corrected chi connectivity index (χ3v) is 7.04. The van der Waals surface area contributed by atoms with Gasteiger partial charge in [-0.2, -0.15) is 0 Å². The molecule has 0 bridgehead atoms. The normalized spacial score (nSPS) is 22.5. The van der Waals surface area contributed by atoms with E-state index in [0.29, 0.717) is 18.4 Å². The number of para-hydroxylation sites is 1. The molecule has 1 N–H and O–H groups in total. The Labute approximate surface area is 160 Å². The molecule has 1 amide bonds. The Balaban J connectivity index is 1.29. The maximum absolute atomic E-state index is 12.4. The van der Waals surface area contributed by atoms with Crippen LogP contribution in [0.25, 0.3) is 10.2 Å². The highest BCUT2D eigenvalue weighted by Gasteiger charge is 2.25. The van der Waals surface area contributed by atoms with E-state index in [4.69, 9.17) is 4.98 Å². The molecule has 1 saturated carbocycles. The maximum Gasteiger partial charge on any atom is 0.234 e. The van der Waals surface area contributed by atoms with E-state index >= 15 is 0 Å². The summed E-state index contributed by atoms with van der Waals surface area (Å²) >= 11 is 1.82. The van der Waals surface area contributed by atoms with Crippen LogP contribution >= 0.6 is 11.3 Å². The summed E-state index contributed by atoms with van der Waals surface area (Å²) in [6.07, 6.45) is 8.92. The van der Waals surface area contributed by atoms with Crippen molar-refractivity contribution in [3.8, 4) is 0 Å². The van der Waals surface area contributed by atoms with Crippen LogP contribution in [-0.2, 0) is 4.79 Å². The molecule has 0 unspecified atom stereocenters. The monoisotopic (exact) mass is 371 g/mol. The van der Waals surface area contributed by atoms with Crippen molar-refractivity contribution in [2.24, 2.45) is 5.92 Å². The number of carbonyl (C=O) groups excluding carboxylic acids is 1. The van der Waals surface area contributed by atoms with Crippen molar-refractivity contribution in [3.63, 3.8) is 0 Å². The van der Waals surface area contributed by atoms with Crippen LogP contribution < -0.4 is 5.32 Å². The number of amides is 1. The highest BCUT2D eigenvalue weighted by atomic mass is 32.1. The lowest BCUT2D eigenvalue weighted by Gasteiger charge is -2.31. The van der Waals surface area contributed by atoms with Crippen LogP contribution in [0, 0.1) is 5.92 Å². The van der Waals surface area contributed by atoms with Gasteiger partial charge in [-0.15, -0.1) is 11.3 Å². The summed E-state index contributed by atoms with van der Waals surface area (Å²) < 4.78 is 1.27. The van der Waals surface area contributed by atoms with Gasteiger partial charge in [0.15, 0.2) is 0 Å². The SMILES string of the molecule is O=C(CN1CCC[C@H](c2nc3ccccc3s2)C1)NCC1CCCCC1. The number of carbonyl (C=O) groups is 1. The average molecular weight is 372 g/mol. The van der Waals surface area contributed by atoms with Crippen molar-refractivity contribution in [1.82, 2.24) is 15.2 Å². The van der Waals surface area contributed by atoms with Gasteiger partial charge in [-0.1, -0.05) is 31.4 Å². The van der Waals surface area contributed by atoms with E-state index < -0.39 is 0 Å². The Morgan fingerprint density at radius 2 is 2.00 bits per heavy atom. The fraction of sp³-hybridized carbons (Fsp3) is 0.619. The molecule has 140 valence electrons. The second kappa shape index (κ2) is 8.49. The van der Waals surface area contributed by atoms with E-state index in [2.05, 4.69) is 34.5 Å². The molecule has 1 aromatic heterocycles. The molecule has 1 atom stereocenters. The van der Waals surface area contributed by atoms with Crippen LogP contribution in [0.15, 0.2) is 24.3 Å². The molecule has 2 aliphatic rings. The first-order valence-electron chi connectivity index (χ1n) is 10.1. The number of hydrogen-bond acceptors (Lipinski definition) is 4. The number of nitrogens with zero attached hydrogens (tertiary/aromatic N) is 2. The molecule has 5 heteroatoms. The number of thiazole rings is 1. The molecule has 1 saturated heterocycles. The standard InChI is InChI=1S/C21H29N3OS/c25-20(22-13-16-7-2-1-3-8-16)15-24-12-6-9-17(14-24)21-23-18-10-4-5-11-19(18)26-21/h4-5,10-11,16-17H,1-3,6-9,12-15H2,(H,22,25)/t17-/m0/s1. The number of nitrogens with one attached hydrogen (secondary N) is 1. The number of benzene rings is 1. The molecule has 2 heterocycles. The summed E-state index contributed by atoms with van der Waals surface area (Å²) in [7, 11) is 0. The van der Waals surface area contributed by atoms with Gasteiger partial charge in [0.2, 0.25) is 5.91 Å². The minimum Gasteiger partial charge on any atom is -0.355 e. The second-order valence-corrected chi connectivity index (χ2v) is 8.96. The van der Waals surface area contributed by atoms with Crippen LogP contribution in [0.2, 0.25) is 0 Å². The molecule has 1 aliphatic heterocycles. The number of aromatic nitrogens is 1. The quantitative estimate of drug-likeness (QED) is 0.858. The van der Waals surface area contributed by atoms with Gasteiger partial charge in [-0.25, -0.2) is 4.98 Å². The summed E-state index contributed by atoms with van der Waals surface area (Å²) in [6.45, 7) is 3.39. The Bertz CT molecular complexity index is 705. The largest absolute Gasteiger partial charge is 0.355 e. The van der Waals surface area contributed by atoms with Crippen molar-refractivity contribution >= 4 is 27.5 Å². The number of likely N-dealkylation sites (tertiary alicyclic amines) is 1. The van der Waals surface area contributed by atoms with Gasteiger partial charge in [-0.05, 0) is 50.3 Å². The minimum atomic E-state index is 0.195.